The molecule has 1 aliphatic heterocycles. The SMILES string of the molecule is Cl.Cl.c1cn2cc(OC3CCNCC3)ccc2n1. The molecule has 1 N–H and O–H groups in total. The Hall–Kier alpha value is -0.970. The zero-order valence-corrected chi connectivity index (χ0v) is 11.5. The lowest BCUT2D eigenvalue weighted by Crippen LogP contribution is -2.34. The largest absolute Gasteiger partial charge is 0.489 e. The van der Waals surface area contributed by atoms with Crippen molar-refractivity contribution in [3.63, 3.8) is 0 Å². The van der Waals surface area contributed by atoms with Gasteiger partial charge < -0.3 is 14.5 Å². The van der Waals surface area contributed by atoms with Gasteiger partial charge in [-0.25, -0.2) is 4.98 Å². The number of imidazole rings is 1. The van der Waals surface area contributed by atoms with E-state index in [1.165, 1.54) is 0 Å². The fraction of sp³-hybridized carbons (Fsp3) is 0.417. The first-order valence-corrected chi connectivity index (χ1v) is 5.72. The summed E-state index contributed by atoms with van der Waals surface area (Å²) in [7, 11) is 0. The monoisotopic (exact) mass is 289 g/mol. The van der Waals surface area contributed by atoms with E-state index in [4.69, 9.17) is 4.74 Å². The molecular formula is C12H17Cl2N3O. The second kappa shape index (κ2) is 6.83. The van der Waals surface area contributed by atoms with Gasteiger partial charge in [0.15, 0.2) is 0 Å². The van der Waals surface area contributed by atoms with Crippen LogP contribution in [0.3, 0.4) is 0 Å². The first kappa shape index (κ1) is 15.1. The van der Waals surface area contributed by atoms with E-state index in [1.54, 1.807) is 6.20 Å². The number of nitrogens with zero attached hydrogens (tertiary/aromatic N) is 2. The molecule has 0 aliphatic carbocycles. The maximum atomic E-state index is 5.94. The van der Waals surface area contributed by atoms with Gasteiger partial charge in [0.05, 0.1) is 6.20 Å². The van der Waals surface area contributed by atoms with Crippen LogP contribution in [0.15, 0.2) is 30.7 Å². The summed E-state index contributed by atoms with van der Waals surface area (Å²) in [6.07, 6.45) is 8.24. The summed E-state index contributed by atoms with van der Waals surface area (Å²) in [6.45, 7) is 2.11. The molecule has 1 fully saturated rings. The molecular weight excluding hydrogens is 273 g/mol. The second-order valence-corrected chi connectivity index (χ2v) is 4.12. The summed E-state index contributed by atoms with van der Waals surface area (Å²) in [5.41, 5.74) is 0.956. The average Bonchev–Trinajstić information content (AvgIpc) is 2.77. The van der Waals surface area contributed by atoms with Crippen LogP contribution in [0, 0.1) is 0 Å². The first-order chi connectivity index (χ1) is 7.92. The normalized spacial score (nSPS) is 15.8. The number of ether oxygens (including phenoxy) is 1. The van der Waals surface area contributed by atoms with Crippen LogP contribution in [0.2, 0.25) is 0 Å². The van der Waals surface area contributed by atoms with Gasteiger partial charge in [0, 0.05) is 12.4 Å². The molecule has 3 rings (SSSR count). The Balaban J connectivity index is 0.000000810. The quantitative estimate of drug-likeness (QED) is 0.922. The van der Waals surface area contributed by atoms with Crippen LogP contribution < -0.4 is 10.1 Å². The van der Waals surface area contributed by atoms with Crippen molar-refractivity contribution >= 4 is 30.5 Å². The summed E-state index contributed by atoms with van der Waals surface area (Å²) >= 11 is 0. The van der Waals surface area contributed by atoms with Gasteiger partial charge in [0.1, 0.15) is 17.5 Å². The van der Waals surface area contributed by atoms with Crippen LogP contribution in [0.25, 0.3) is 5.65 Å². The van der Waals surface area contributed by atoms with Gasteiger partial charge in [0.25, 0.3) is 0 Å². The molecule has 0 unspecified atom stereocenters. The minimum absolute atomic E-state index is 0. The van der Waals surface area contributed by atoms with Gasteiger partial charge in [-0.15, -0.1) is 24.8 Å². The van der Waals surface area contributed by atoms with Crippen molar-refractivity contribution in [3.05, 3.63) is 30.7 Å². The molecule has 0 radical (unpaired) electrons. The fourth-order valence-electron chi connectivity index (χ4n) is 2.08. The van der Waals surface area contributed by atoms with E-state index in [0.29, 0.717) is 6.10 Å². The van der Waals surface area contributed by atoms with E-state index in [9.17, 15) is 0 Å². The molecule has 1 aliphatic rings. The Morgan fingerprint density at radius 2 is 2.00 bits per heavy atom. The molecule has 2 aromatic heterocycles. The topological polar surface area (TPSA) is 38.6 Å². The first-order valence-electron chi connectivity index (χ1n) is 5.72. The molecule has 0 aromatic carbocycles. The Bertz CT molecular complexity index is 483. The summed E-state index contributed by atoms with van der Waals surface area (Å²) in [5, 5.41) is 3.33. The highest BCUT2D eigenvalue weighted by Gasteiger charge is 2.14. The Morgan fingerprint density at radius 1 is 1.22 bits per heavy atom. The molecule has 1 saturated heterocycles. The van der Waals surface area contributed by atoms with E-state index in [2.05, 4.69) is 10.3 Å². The summed E-state index contributed by atoms with van der Waals surface area (Å²) in [5.74, 6) is 0.928. The highest BCUT2D eigenvalue weighted by Crippen LogP contribution is 2.17. The van der Waals surface area contributed by atoms with Gasteiger partial charge in [-0.3, -0.25) is 0 Å². The third kappa shape index (κ3) is 3.28. The minimum atomic E-state index is 0. The molecule has 0 saturated carbocycles. The number of hydrogen-bond acceptors (Lipinski definition) is 3. The molecule has 0 amide bonds. The molecule has 0 atom stereocenters. The smallest absolute Gasteiger partial charge is 0.136 e. The Labute approximate surface area is 119 Å². The van der Waals surface area contributed by atoms with Gasteiger partial charge in [-0.2, -0.15) is 0 Å². The van der Waals surface area contributed by atoms with Crippen molar-refractivity contribution in [3.8, 4) is 5.75 Å². The van der Waals surface area contributed by atoms with E-state index in [0.717, 1.165) is 37.3 Å². The van der Waals surface area contributed by atoms with E-state index in [-0.39, 0.29) is 24.8 Å². The lowest BCUT2D eigenvalue weighted by Gasteiger charge is -2.23. The van der Waals surface area contributed by atoms with Gasteiger partial charge in [-0.05, 0) is 38.1 Å². The third-order valence-corrected chi connectivity index (χ3v) is 2.95. The van der Waals surface area contributed by atoms with E-state index >= 15 is 0 Å². The van der Waals surface area contributed by atoms with Crippen LogP contribution in [-0.4, -0.2) is 28.6 Å². The van der Waals surface area contributed by atoms with Crippen molar-refractivity contribution in [2.24, 2.45) is 0 Å². The zero-order chi connectivity index (χ0) is 10.8. The van der Waals surface area contributed by atoms with Gasteiger partial charge in [-0.1, -0.05) is 0 Å². The molecule has 0 spiro atoms. The lowest BCUT2D eigenvalue weighted by atomic mass is 10.1. The van der Waals surface area contributed by atoms with Crippen LogP contribution in [-0.2, 0) is 0 Å². The number of fused-ring (bicyclic) bond motifs is 1. The molecule has 0 bridgehead atoms. The van der Waals surface area contributed by atoms with E-state index in [1.807, 2.05) is 28.9 Å². The fourth-order valence-corrected chi connectivity index (χ4v) is 2.08. The minimum Gasteiger partial charge on any atom is -0.489 e. The zero-order valence-electron chi connectivity index (χ0n) is 9.91. The van der Waals surface area contributed by atoms with Crippen LogP contribution in [0.5, 0.6) is 5.75 Å². The van der Waals surface area contributed by atoms with E-state index < -0.39 is 0 Å². The number of pyridine rings is 1. The van der Waals surface area contributed by atoms with Crippen LogP contribution in [0.1, 0.15) is 12.8 Å². The number of rotatable bonds is 2. The molecule has 3 heterocycles. The molecule has 6 heteroatoms. The molecule has 18 heavy (non-hydrogen) atoms. The summed E-state index contributed by atoms with van der Waals surface area (Å²) < 4.78 is 7.93. The van der Waals surface area contributed by atoms with Crippen molar-refractivity contribution in [1.29, 1.82) is 0 Å². The van der Waals surface area contributed by atoms with Gasteiger partial charge >= 0.3 is 0 Å². The molecule has 2 aromatic rings. The van der Waals surface area contributed by atoms with Crippen molar-refractivity contribution in [2.75, 3.05) is 13.1 Å². The Morgan fingerprint density at radius 3 is 2.78 bits per heavy atom. The third-order valence-electron chi connectivity index (χ3n) is 2.95. The lowest BCUT2D eigenvalue weighted by molar-refractivity contribution is 0.162. The summed E-state index contributed by atoms with van der Waals surface area (Å²) in [6, 6.07) is 3.97. The maximum Gasteiger partial charge on any atom is 0.136 e. The standard InChI is InChI=1S/C12H15N3O.2ClH/c1-2-12-14-7-8-15(12)9-11(1)16-10-3-5-13-6-4-10;;/h1-2,7-10,13H,3-6H2;2*1H. The predicted octanol–water partition coefficient (Wildman–Crippen LogP) is 2.31. The highest BCUT2D eigenvalue weighted by atomic mass is 35.5. The molecule has 4 nitrogen and oxygen atoms in total. The maximum absolute atomic E-state index is 5.94. The average molecular weight is 290 g/mol. The second-order valence-electron chi connectivity index (χ2n) is 4.12. The van der Waals surface area contributed by atoms with Crippen LogP contribution in [0.4, 0.5) is 0 Å². The predicted molar refractivity (Wildman–Crippen MR) is 76.2 cm³/mol. The number of aromatic nitrogens is 2. The van der Waals surface area contributed by atoms with Crippen LogP contribution >= 0.6 is 24.8 Å². The molecule has 100 valence electrons. The Kier molecular flexibility index (Phi) is 5.72. The van der Waals surface area contributed by atoms with Crippen molar-refractivity contribution in [2.45, 2.75) is 18.9 Å². The van der Waals surface area contributed by atoms with Crippen molar-refractivity contribution in [1.82, 2.24) is 14.7 Å². The summed E-state index contributed by atoms with van der Waals surface area (Å²) in [4.78, 5) is 4.20. The van der Waals surface area contributed by atoms with Crippen molar-refractivity contribution < 1.29 is 4.74 Å². The number of halogens is 2. The van der Waals surface area contributed by atoms with Gasteiger partial charge in [0.2, 0.25) is 0 Å². The number of hydrogen-bond donors (Lipinski definition) is 1. The highest BCUT2D eigenvalue weighted by molar-refractivity contribution is 5.85. The number of nitrogens with one attached hydrogen (secondary N) is 1. The number of piperidine rings is 1.